The topological polar surface area (TPSA) is 93.4 Å². The molecule has 1 aliphatic carbocycles. The van der Waals surface area contributed by atoms with E-state index in [1.807, 2.05) is 4.68 Å². The Balaban J connectivity index is 1.72. The lowest BCUT2D eigenvalue weighted by molar-refractivity contribution is 0.423. The van der Waals surface area contributed by atoms with Crippen LogP contribution in [-0.2, 0) is 0 Å². The molecule has 0 radical (unpaired) electrons. The van der Waals surface area contributed by atoms with Gasteiger partial charge in [0.25, 0.3) is 0 Å². The van der Waals surface area contributed by atoms with Crippen LogP contribution in [0.5, 0.6) is 0 Å². The van der Waals surface area contributed by atoms with Crippen molar-refractivity contribution in [2.24, 2.45) is 5.73 Å². The third kappa shape index (κ3) is 4.18. The van der Waals surface area contributed by atoms with Gasteiger partial charge in [0.15, 0.2) is 0 Å². The Morgan fingerprint density at radius 3 is 2.90 bits per heavy atom. The van der Waals surface area contributed by atoms with Gasteiger partial charge in [0, 0.05) is 5.75 Å². The Labute approximate surface area is 124 Å². The van der Waals surface area contributed by atoms with Crippen molar-refractivity contribution >= 4 is 11.8 Å². The minimum Gasteiger partial charge on any atom is -0.314 e. The highest BCUT2D eigenvalue weighted by atomic mass is 32.2. The summed E-state index contributed by atoms with van der Waals surface area (Å²) >= 11 is 1.70. The van der Waals surface area contributed by atoms with E-state index in [1.54, 1.807) is 18.7 Å². The van der Waals surface area contributed by atoms with Crippen LogP contribution in [0.25, 0.3) is 0 Å². The van der Waals surface area contributed by atoms with Crippen LogP contribution in [0.2, 0.25) is 0 Å². The van der Waals surface area contributed by atoms with Gasteiger partial charge in [0.2, 0.25) is 5.16 Å². The molecule has 1 fully saturated rings. The molecule has 0 spiro atoms. The molecule has 1 atom stereocenters. The molecule has 1 aliphatic rings. The fraction of sp³-hybridized carbons (Fsp3) is 0.846. The van der Waals surface area contributed by atoms with Crippen molar-refractivity contribution in [3.05, 3.63) is 0 Å². The second-order valence-corrected chi connectivity index (χ2v) is 6.74. The fourth-order valence-electron chi connectivity index (χ4n) is 2.47. The highest BCUT2D eigenvalue weighted by Gasteiger charge is 2.21. The summed E-state index contributed by atoms with van der Waals surface area (Å²) in [6, 6.07) is 2.61. The monoisotopic (exact) mass is 294 g/mol. The lowest BCUT2D eigenvalue weighted by Gasteiger charge is -2.14. The summed E-state index contributed by atoms with van der Waals surface area (Å²) in [6.45, 7) is 1.78. The summed E-state index contributed by atoms with van der Waals surface area (Å²) < 4.78 is 1.99. The minimum atomic E-state index is -0.698. The summed E-state index contributed by atoms with van der Waals surface area (Å²) in [5, 5.41) is 21.8. The predicted octanol–water partition coefficient (Wildman–Crippen LogP) is 2.29. The number of hydrogen-bond donors (Lipinski definition) is 1. The standard InChI is InChI=1S/C13H22N6S/c1-13(15,10-14)8-4-5-9-20-12-16-17-18-19(12)11-6-2-3-7-11/h11H,2-9,15H2,1H3. The molecule has 2 rings (SSSR count). The smallest absolute Gasteiger partial charge is 0.209 e. The van der Waals surface area contributed by atoms with E-state index in [0.717, 1.165) is 30.2 Å². The molecule has 0 aliphatic heterocycles. The molecule has 1 aromatic heterocycles. The number of nitrogens with two attached hydrogens (primary N) is 1. The fourth-order valence-corrected chi connectivity index (χ4v) is 3.42. The molecular weight excluding hydrogens is 272 g/mol. The van der Waals surface area contributed by atoms with E-state index in [-0.39, 0.29) is 0 Å². The lowest BCUT2D eigenvalue weighted by Crippen LogP contribution is -2.33. The zero-order chi connectivity index (χ0) is 14.4. The molecule has 20 heavy (non-hydrogen) atoms. The highest BCUT2D eigenvalue weighted by Crippen LogP contribution is 2.31. The molecule has 0 bridgehead atoms. The summed E-state index contributed by atoms with van der Waals surface area (Å²) in [7, 11) is 0. The van der Waals surface area contributed by atoms with E-state index in [2.05, 4.69) is 21.6 Å². The lowest BCUT2D eigenvalue weighted by atomic mass is 9.99. The molecule has 7 heteroatoms. The van der Waals surface area contributed by atoms with Crippen molar-refractivity contribution in [3.8, 4) is 6.07 Å². The average molecular weight is 294 g/mol. The first kappa shape index (κ1) is 15.3. The number of unbranched alkanes of at least 4 members (excludes halogenated alkanes) is 1. The molecule has 0 amide bonds. The number of nitrogens with zero attached hydrogens (tertiary/aromatic N) is 5. The molecule has 1 saturated carbocycles. The van der Waals surface area contributed by atoms with Crippen LogP contribution in [0.3, 0.4) is 0 Å². The van der Waals surface area contributed by atoms with Crippen molar-refractivity contribution in [2.75, 3.05) is 5.75 Å². The molecule has 6 nitrogen and oxygen atoms in total. The van der Waals surface area contributed by atoms with E-state index in [9.17, 15) is 0 Å². The minimum absolute atomic E-state index is 0.485. The van der Waals surface area contributed by atoms with E-state index < -0.39 is 5.54 Å². The van der Waals surface area contributed by atoms with Crippen LogP contribution in [0, 0.1) is 11.3 Å². The Bertz CT molecular complexity index is 458. The van der Waals surface area contributed by atoms with Crippen molar-refractivity contribution in [1.29, 1.82) is 5.26 Å². The molecular formula is C13H22N6S. The van der Waals surface area contributed by atoms with Gasteiger partial charge in [-0.25, -0.2) is 4.68 Å². The van der Waals surface area contributed by atoms with Gasteiger partial charge in [-0.1, -0.05) is 24.6 Å². The van der Waals surface area contributed by atoms with Gasteiger partial charge in [-0.05, 0) is 49.5 Å². The summed E-state index contributed by atoms with van der Waals surface area (Å²) in [5.41, 5.74) is 5.10. The maximum absolute atomic E-state index is 8.85. The normalized spacial score (nSPS) is 18.9. The number of hydrogen-bond acceptors (Lipinski definition) is 6. The van der Waals surface area contributed by atoms with Gasteiger partial charge in [-0.3, -0.25) is 0 Å². The zero-order valence-electron chi connectivity index (χ0n) is 12.0. The quantitative estimate of drug-likeness (QED) is 0.612. The Morgan fingerprint density at radius 1 is 1.45 bits per heavy atom. The first-order valence-electron chi connectivity index (χ1n) is 7.23. The van der Waals surface area contributed by atoms with E-state index in [1.165, 1.54) is 25.7 Å². The van der Waals surface area contributed by atoms with Crippen LogP contribution in [-0.4, -0.2) is 31.5 Å². The van der Waals surface area contributed by atoms with Gasteiger partial charge >= 0.3 is 0 Å². The molecule has 1 heterocycles. The SMILES string of the molecule is CC(N)(C#N)CCCCSc1nnnn1C1CCCC1. The van der Waals surface area contributed by atoms with E-state index >= 15 is 0 Å². The van der Waals surface area contributed by atoms with Crippen molar-refractivity contribution in [1.82, 2.24) is 20.2 Å². The second-order valence-electron chi connectivity index (χ2n) is 5.68. The first-order chi connectivity index (χ1) is 9.62. The number of aromatic nitrogens is 4. The number of tetrazole rings is 1. The van der Waals surface area contributed by atoms with E-state index in [0.29, 0.717) is 6.04 Å². The van der Waals surface area contributed by atoms with Crippen molar-refractivity contribution < 1.29 is 0 Å². The van der Waals surface area contributed by atoms with Gasteiger partial charge in [0.05, 0.1) is 12.1 Å². The van der Waals surface area contributed by atoms with Crippen LogP contribution in [0.1, 0.15) is 57.9 Å². The summed E-state index contributed by atoms with van der Waals surface area (Å²) in [4.78, 5) is 0. The number of thioether (sulfide) groups is 1. The first-order valence-corrected chi connectivity index (χ1v) is 8.22. The van der Waals surface area contributed by atoms with Gasteiger partial charge < -0.3 is 5.73 Å². The molecule has 110 valence electrons. The van der Waals surface area contributed by atoms with Crippen molar-refractivity contribution in [3.63, 3.8) is 0 Å². The zero-order valence-corrected chi connectivity index (χ0v) is 12.8. The predicted molar refractivity (Wildman–Crippen MR) is 78.1 cm³/mol. The Kier molecular flexibility index (Phi) is 5.38. The third-order valence-corrected chi connectivity index (χ3v) is 4.73. The molecule has 1 aromatic rings. The molecule has 2 N–H and O–H groups in total. The highest BCUT2D eigenvalue weighted by molar-refractivity contribution is 7.99. The molecule has 0 aromatic carbocycles. The average Bonchev–Trinajstić information content (AvgIpc) is 3.08. The Morgan fingerprint density at radius 2 is 2.20 bits per heavy atom. The molecule has 1 unspecified atom stereocenters. The van der Waals surface area contributed by atoms with Gasteiger partial charge in [0.1, 0.15) is 5.54 Å². The van der Waals surface area contributed by atoms with Crippen LogP contribution < -0.4 is 5.73 Å². The van der Waals surface area contributed by atoms with E-state index in [4.69, 9.17) is 11.0 Å². The summed E-state index contributed by atoms with van der Waals surface area (Å²) in [5.74, 6) is 0.967. The van der Waals surface area contributed by atoms with Gasteiger partial charge in [-0.2, -0.15) is 5.26 Å². The summed E-state index contributed by atoms with van der Waals surface area (Å²) in [6.07, 6.45) is 7.64. The number of rotatable bonds is 7. The largest absolute Gasteiger partial charge is 0.314 e. The van der Waals surface area contributed by atoms with Crippen LogP contribution >= 0.6 is 11.8 Å². The second kappa shape index (κ2) is 7.04. The third-order valence-electron chi connectivity index (χ3n) is 3.71. The maximum atomic E-state index is 8.85. The van der Waals surface area contributed by atoms with Crippen molar-refractivity contribution in [2.45, 2.75) is 68.6 Å². The Hall–Kier alpha value is -1.13. The maximum Gasteiger partial charge on any atom is 0.209 e. The van der Waals surface area contributed by atoms with Gasteiger partial charge in [-0.15, -0.1) is 5.10 Å². The number of nitriles is 1. The molecule has 0 saturated heterocycles. The van der Waals surface area contributed by atoms with Crippen LogP contribution in [0.15, 0.2) is 5.16 Å². The van der Waals surface area contributed by atoms with Crippen LogP contribution in [0.4, 0.5) is 0 Å².